The molecule has 1 unspecified atom stereocenters. The largest absolute Gasteiger partial charge is 0.383 e. The van der Waals surface area contributed by atoms with Crippen molar-refractivity contribution in [3.63, 3.8) is 0 Å². The Morgan fingerprint density at radius 3 is 2.84 bits per heavy atom. The Hall–Kier alpha value is -0.940. The van der Waals surface area contributed by atoms with Crippen molar-refractivity contribution in [1.29, 1.82) is 0 Å². The number of methoxy groups -OCH3 is 1. The van der Waals surface area contributed by atoms with Crippen LogP contribution in [0.3, 0.4) is 0 Å². The summed E-state index contributed by atoms with van der Waals surface area (Å²) in [6.45, 7) is 5.95. The molecule has 3 nitrogen and oxygen atoms in total. The van der Waals surface area contributed by atoms with Gasteiger partial charge in [-0.15, -0.1) is 11.3 Å². The molecular formula is C21H31NO2S. The molecule has 1 aromatic heterocycles. The van der Waals surface area contributed by atoms with Crippen LogP contribution in [0.4, 0.5) is 0 Å². The summed E-state index contributed by atoms with van der Waals surface area (Å²) in [5, 5.41) is 3.69. The molecule has 1 heterocycles. The number of benzene rings is 1. The quantitative estimate of drug-likeness (QED) is 0.644. The van der Waals surface area contributed by atoms with Crippen LogP contribution in [0.25, 0.3) is 10.1 Å². The molecule has 25 heavy (non-hydrogen) atoms. The molecule has 4 heteroatoms. The minimum Gasteiger partial charge on any atom is -0.383 e. The molecule has 1 saturated carbocycles. The molecule has 0 radical (unpaired) electrons. The van der Waals surface area contributed by atoms with Gasteiger partial charge in [-0.2, -0.15) is 0 Å². The highest BCUT2D eigenvalue weighted by Gasteiger charge is 2.29. The van der Waals surface area contributed by atoms with Gasteiger partial charge in [0.2, 0.25) is 0 Å². The predicted molar refractivity (Wildman–Crippen MR) is 107 cm³/mol. The number of nitrogens with zero attached hydrogens (tertiary/aromatic N) is 1. The van der Waals surface area contributed by atoms with E-state index in [1.54, 1.807) is 7.11 Å². The van der Waals surface area contributed by atoms with E-state index in [1.807, 2.05) is 11.3 Å². The zero-order valence-corrected chi connectivity index (χ0v) is 16.4. The van der Waals surface area contributed by atoms with Gasteiger partial charge in [0.25, 0.3) is 0 Å². The minimum atomic E-state index is 0.371. The lowest BCUT2D eigenvalue weighted by molar-refractivity contribution is -0.0386. The molecule has 1 fully saturated rings. The summed E-state index contributed by atoms with van der Waals surface area (Å²) in [6, 6.07) is 9.23. The lowest BCUT2D eigenvalue weighted by Crippen LogP contribution is -2.48. The first kappa shape index (κ1) is 18.8. The SMILES string of the molecule is CCN(CCOC)C1CCCC[C@@H]1OCCc1csc2ccccc12. The number of likely N-dealkylation sites (N-methyl/N-ethyl adjacent to an activating group) is 1. The number of hydrogen-bond donors (Lipinski definition) is 0. The number of rotatable bonds is 9. The van der Waals surface area contributed by atoms with E-state index in [-0.39, 0.29) is 0 Å². The summed E-state index contributed by atoms with van der Waals surface area (Å²) >= 11 is 1.84. The Balaban J connectivity index is 1.56. The molecule has 2 atom stereocenters. The number of thiophene rings is 1. The van der Waals surface area contributed by atoms with Gasteiger partial charge in [0, 0.05) is 24.4 Å². The summed E-state index contributed by atoms with van der Waals surface area (Å²) in [5.41, 5.74) is 1.43. The number of fused-ring (bicyclic) bond motifs is 1. The van der Waals surface area contributed by atoms with Crippen LogP contribution in [0.2, 0.25) is 0 Å². The molecule has 0 spiro atoms. The second kappa shape index (κ2) is 9.67. The van der Waals surface area contributed by atoms with E-state index in [1.165, 1.54) is 41.3 Å². The normalized spacial score (nSPS) is 21.2. The molecule has 2 aromatic rings. The van der Waals surface area contributed by atoms with E-state index in [0.717, 1.165) is 32.7 Å². The second-order valence-electron chi connectivity index (χ2n) is 6.89. The second-order valence-corrected chi connectivity index (χ2v) is 7.80. The van der Waals surface area contributed by atoms with Crippen molar-refractivity contribution >= 4 is 21.4 Å². The van der Waals surface area contributed by atoms with Gasteiger partial charge in [0.15, 0.2) is 0 Å². The first-order chi connectivity index (χ1) is 12.3. The number of ether oxygens (including phenoxy) is 2. The van der Waals surface area contributed by atoms with Gasteiger partial charge in [-0.1, -0.05) is 38.0 Å². The predicted octanol–water partition coefficient (Wildman–Crippen LogP) is 4.74. The van der Waals surface area contributed by atoms with E-state index in [9.17, 15) is 0 Å². The standard InChI is InChI=1S/C21H31NO2S/c1-3-22(13-15-23-2)19-9-5-6-10-20(19)24-14-12-17-16-25-21-11-7-4-8-18(17)21/h4,7-8,11,16,19-20H,3,5-6,9-10,12-15H2,1-2H3/t19?,20-/m0/s1. The summed E-state index contributed by atoms with van der Waals surface area (Å²) < 4.78 is 13.1. The van der Waals surface area contributed by atoms with Crippen molar-refractivity contribution in [3.05, 3.63) is 35.2 Å². The highest BCUT2D eigenvalue weighted by molar-refractivity contribution is 7.17. The van der Waals surface area contributed by atoms with Crippen LogP contribution in [0, 0.1) is 0 Å². The molecule has 1 aromatic carbocycles. The molecule has 0 bridgehead atoms. The van der Waals surface area contributed by atoms with Crippen LogP contribution in [0.15, 0.2) is 29.6 Å². The fourth-order valence-corrected chi connectivity index (χ4v) is 5.00. The Morgan fingerprint density at radius 1 is 1.16 bits per heavy atom. The Labute approximate surface area is 155 Å². The molecule has 0 aliphatic heterocycles. The first-order valence-electron chi connectivity index (χ1n) is 9.63. The third kappa shape index (κ3) is 4.82. The maximum atomic E-state index is 6.40. The lowest BCUT2D eigenvalue weighted by atomic mass is 9.91. The molecule has 0 N–H and O–H groups in total. The van der Waals surface area contributed by atoms with Gasteiger partial charge in [-0.3, -0.25) is 4.90 Å². The van der Waals surface area contributed by atoms with Crippen LogP contribution >= 0.6 is 11.3 Å². The van der Waals surface area contributed by atoms with Gasteiger partial charge in [0.05, 0.1) is 19.3 Å². The topological polar surface area (TPSA) is 21.7 Å². The number of hydrogen-bond acceptors (Lipinski definition) is 4. The van der Waals surface area contributed by atoms with Crippen molar-refractivity contribution in [1.82, 2.24) is 4.90 Å². The highest BCUT2D eigenvalue weighted by Crippen LogP contribution is 2.28. The smallest absolute Gasteiger partial charge is 0.0730 e. The molecule has 1 aliphatic carbocycles. The lowest BCUT2D eigenvalue weighted by Gasteiger charge is -2.39. The average molecular weight is 362 g/mol. The zero-order valence-electron chi connectivity index (χ0n) is 15.6. The average Bonchev–Trinajstić information content (AvgIpc) is 3.07. The summed E-state index contributed by atoms with van der Waals surface area (Å²) in [6.07, 6.45) is 6.45. The summed E-state index contributed by atoms with van der Waals surface area (Å²) in [5.74, 6) is 0. The maximum Gasteiger partial charge on any atom is 0.0730 e. The van der Waals surface area contributed by atoms with Crippen molar-refractivity contribution in [2.75, 3.05) is 33.4 Å². The zero-order chi connectivity index (χ0) is 17.5. The third-order valence-corrected chi connectivity index (χ3v) is 6.40. The van der Waals surface area contributed by atoms with Crippen LogP contribution in [-0.2, 0) is 15.9 Å². The molecular weight excluding hydrogens is 330 g/mol. The van der Waals surface area contributed by atoms with Crippen LogP contribution in [0.1, 0.15) is 38.2 Å². The highest BCUT2D eigenvalue weighted by atomic mass is 32.1. The van der Waals surface area contributed by atoms with Gasteiger partial charge >= 0.3 is 0 Å². The minimum absolute atomic E-state index is 0.371. The van der Waals surface area contributed by atoms with Gasteiger partial charge < -0.3 is 9.47 Å². The van der Waals surface area contributed by atoms with E-state index in [4.69, 9.17) is 9.47 Å². The van der Waals surface area contributed by atoms with Crippen LogP contribution in [-0.4, -0.2) is 50.5 Å². The van der Waals surface area contributed by atoms with Gasteiger partial charge in [-0.25, -0.2) is 0 Å². The molecule has 1 aliphatic rings. The maximum absolute atomic E-state index is 6.40. The monoisotopic (exact) mass is 361 g/mol. The molecule has 0 amide bonds. The Morgan fingerprint density at radius 2 is 2.00 bits per heavy atom. The van der Waals surface area contributed by atoms with Crippen molar-refractivity contribution in [2.24, 2.45) is 0 Å². The van der Waals surface area contributed by atoms with Crippen LogP contribution in [0.5, 0.6) is 0 Å². The summed E-state index contributed by atoms with van der Waals surface area (Å²) in [7, 11) is 1.79. The van der Waals surface area contributed by atoms with E-state index < -0.39 is 0 Å². The Bertz CT molecular complexity index is 642. The Kier molecular flexibility index (Phi) is 7.29. The molecule has 0 saturated heterocycles. The fraction of sp³-hybridized carbons (Fsp3) is 0.619. The van der Waals surface area contributed by atoms with E-state index in [0.29, 0.717) is 12.1 Å². The third-order valence-electron chi connectivity index (χ3n) is 5.39. The summed E-state index contributed by atoms with van der Waals surface area (Å²) in [4.78, 5) is 2.55. The van der Waals surface area contributed by atoms with Crippen molar-refractivity contribution < 1.29 is 9.47 Å². The van der Waals surface area contributed by atoms with Crippen LogP contribution < -0.4 is 0 Å². The van der Waals surface area contributed by atoms with Crippen molar-refractivity contribution in [3.8, 4) is 0 Å². The first-order valence-corrected chi connectivity index (χ1v) is 10.5. The van der Waals surface area contributed by atoms with E-state index in [2.05, 4.69) is 41.5 Å². The van der Waals surface area contributed by atoms with Gasteiger partial charge in [0.1, 0.15) is 0 Å². The molecule has 3 rings (SSSR count). The van der Waals surface area contributed by atoms with Gasteiger partial charge in [-0.05, 0) is 48.2 Å². The van der Waals surface area contributed by atoms with E-state index >= 15 is 0 Å². The van der Waals surface area contributed by atoms with Crippen molar-refractivity contribution in [2.45, 2.75) is 51.2 Å². The fourth-order valence-electron chi connectivity index (χ4n) is 4.00. The molecule has 138 valence electrons.